The number of hydrogen-bond acceptors (Lipinski definition) is 2. The lowest BCUT2D eigenvalue weighted by atomic mass is 9.82. The van der Waals surface area contributed by atoms with Gasteiger partial charge in [0.2, 0.25) is 5.91 Å². The maximum Gasteiger partial charge on any atom is 0.311 e. The van der Waals surface area contributed by atoms with Crippen LogP contribution in [0.15, 0.2) is 0 Å². The summed E-state index contributed by atoms with van der Waals surface area (Å²) >= 11 is 0. The summed E-state index contributed by atoms with van der Waals surface area (Å²) in [4.78, 5) is 23.6. The van der Waals surface area contributed by atoms with Gasteiger partial charge in [-0.25, -0.2) is 0 Å². The molecule has 0 aromatic rings. The van der Waals surface area contributed by atoms with Crippen molar-refractivity contribution in [2.75, 3.05) is 6.54 Å². The zero-order chi connectivity index (χ0) is 15.1. The van der Waals surface area contributed by atoms with Gasteiger partial charge >= 0.3 is 5.97 Å². The van der Waals surface area contributed by atoms with Gasteiger partial charge in [0.1, 0.15) is 0 Å². The Balaban J connectivity index is 2.68. The molecule has 1 saturated carbocycles. The smallest absolute Gasteiger partial charge is 0.311 e. The van der Waals surface area contributed by atoms with E-state index in [0.717, 1.165) is 0 Å². The number of rotatable bonds is 6. The fourth-order valence-electron chi connectivity index (χ4n) is 3.09. The summed E-state index contributed by atoms with van der Waals surface area (Å²) in [6, 6.07) is 0. The maximum absolute atomic E-state index is 12.2. The van der Waals surface area contributed by atoms with Crippen molar-refractivity contribution in [3.05, 3.63) is 0 Å². The highest BCUT2D eigenvalue weighted by Crippen LogP contribution is 2.68. The molecule has 0 aromatic heterocycles. The molecule has 1 aliphatic carbocycles. The lowest BCUT2D eigenvalue weighted by Gasteiger charge is -2.27. The zero-order valence-corrected chi connectivity index (χ0v) is 13.0. The van der Waals surface area contributed by atoms with Gasteiger partial charge in [-0.2, -0.15) is 0 Å². The van der Waals surface area contributed by atoms with Crippen LogP contribution < -0.4 is 5.32 Å². The fourth-order valence-corrected chi connectivity index (χ4v) is 3.09. The quantitative estimate of drug-likeness (QED) is 0.779. The summed E-state index contributed by atoms with van der Waals surface area (Å²) in [5, 5.41) is 12.2. The van der Waals surface area contributed by atoms with E-state index in [4.69, 9.17) is 0 Å². The summed E-state index contributed by atoms with van der Waals surface area (Å²) in [5.41, 5.74) is -0.859. The normalized spacial score (nSPS) is 20.9. The molecule has 0 aromatic carbocycles. The second-order valence-electron chi connectivity index (χ2n) is 6.89. The van der Waals surface area contributed by atoms with Crippen LogP contribution in [0.5, 0.6) is 0 Å². The third-order valence-electron chi connectivity index (χ3n) is 5.69. The predicted molar refractivity (Wildman–Crippen MR) is 74.7 cm³/mol. The second-order valence-corrected chi connectivity index (χ2v) is 6.89. The van der Waals surface area contributed by atoms with Crippen LogP contribution in [-0.2, 0) is 9.59 Å². The number of nitrogens with one attached hydrogen (secondary N) is 1. The highest BCUT2D eigenvalue weighted by Gasteiger charge is 2.68. The maximum atomic E-state index is 12.2. The summed E-state index contributed by atoms with van der Waals surface area (Å²) in [5.74, 6) is -0.866. The molecule has 19 heavy (non-hydrogen) atoms. The Hall–Kier alpha value is -1.06. The molecule has 0 bridgehead atoms. The van der Waals surface area contributed by atoms with Gasteiger partial charge in [0.25, 0.3) is 0 Å². The molecule has 0 radical (unpaired) electrons. The van der Waals surface area contributed by atoms with Crippen LogP contribution in [0.3, 0.4) is 0 Å². The number of carboxylic acids is 1. The Morgan fingerprint density at radius 3 is 1.79 bits per heavy atom. The topological polar surface area (TPSA) is 66.4 Å². The lowest BCUT2D eigenvalue weighted by molar-refractivity contribution is -0.149. The first-order valence-electron chi connectivity index (χ1n) is 7.08. The van der Waals surface area contributed by atoms with Crippen molar-refractivity contribution in [2.45, 2.75) is 54.4 Å². The van der Waals surface area contributed by atoms with Gasteiger partial charge in [-0.05, 0) is 23.7 Å². The average molecular weight is 269 g/mol. The molecule has 1 aliphatic rings. The van der Waals surface area contributed by atoms with Crippen LogP contribution in [-0.4, -0.2) is 23.5 Å². The van der Waals surface area contributed by atoms with Crippen molar-refractivity contribution >= 4 is 11.9 Å². The number of amides is 1. The largest absolute Gasteiger partial charge is 0.481 e. The van der Waals surface area contributed by atoms with Gasteiger partial charge in [-0.15, -0.1) is 0 Å². The van der Waals surface area contributed by atoms with E-state index in [9.17, 15) is 14.7 Å². The molecule has 0 atom stereocenters. The Labute approximate surface area is 116 Å². The summed E-state index contributed by atoms with van der Waals surface area (Å²) in [6.45, 7) is 12.3. The highest BCUT2D eigenvalue weighted by molar-refractivity contribution is 5.85. The third kappa shape index (κ3) is 2.37. The van der Waals surface area contributed by atoms with E-state index >= 15 is 0 Å². The van der Waals surface area contributed by atoms with E-state index in [-0.39, 0.29) is 29.2 Å². The standard InChI is InChI=1S/C15H27NO3/c1-7-15(8-2,12(18)19)9-16-11(17)10-13(3,4)14(10,5)6/h10H,7-9H2,1-6H3,(H,16,17)(H,18,19). The molecule has 4 nitrogen and oxygen atoms in total. The van der Waals surface area contributed by atoms with Crippen molar-refractivity contribution in [3.63, 3.8) is 0 Å². The van der Waals surface area contributed by atoms with Crippen LogP contribution in [0, 0.1) is 22.2 Å². The summed E-state index contributed by atoms with van der Waals surface area (Å²) in [7, 11) is 0. The number of carbonyl (C=O) groups is 2. The molecule has 0 aliphatic heterocycles. The second kappa shape index (κ2) is 4.80. The summed E-state index contributed by atoms with van der Waals surface area (Å²) < 4.78 is 0. The Kier molecular flexibility index (Phi) is 4.04. The van der Waals surface area contributed by atoms with Crippen LogP contribution in [0.2, 0.25) is 0 Å². The number of aliphatic carboxylic acids is 1. The van der Waals surface area contributed by atoms with Crippen molar-refractivity contribution < 1.29 is 14.7 Å². The molecule has 1 rings (SSSR count). The van der Waals surface area contributed by atoms with Crippen LogP contribution in [0.1, 0.15) is 54.4 Å². The number of carbonyl (C=O) groups excluding carboxylic acids is 1. The fraction of sp³-hybridized carbons (Fsp3) is 0.867. The minimum absolute atomic E-state index is 0.0116. The molecule has 1 amide bonds. The van der Waals surface area contributed by atoms with Crippen LogP contribution in [0.25, 0.3) is 0 Å². The molecule has 1 fully saturated rings. The molecule has 2 N–H and O–H groups in total. The zero-order valence-electron chi connectivity index (χ0n) is 13.0. The van der Waals surface area contributed by atoms with E-state index in [0.29, 0.717) is 12.8 Å². The lowest BCUT2D eigenvalue weighted by Crippen LogP contribution is -2.43. The van der Waals surface area contributed by atoms with Gasteiger partial charge in [0.15, 0.2) is 0 Å². The van der Waals surface area contributed by atoms with Gasteiger partial charge in [0, 0.05) is 12.5 Å². The van der Waals surface area contributed by atoms with E-state index in [1.54, 1.807) is 0 Å². The Bertz CT molecular complexity index is 367. The molecule has 0 unspecified atom stereocenters. The first kappa shape index (κ1) is 16.0. The Morgan fingerprint density at radius 2 is 1.53 bits per heavy atom. The number of hydrogen-bond donors (Lipinski definition) is 2. The van der Waals surface area contributed by atoms with E-state index in [1.807, 2.05) is 13.8 Å². The van der Waals surface area contributed by atoms with E-state index in [2.05, 4.69) is 33.0 Å². The highest BCUT2D eigenvalue weighted by atomic mass is 16.4. The minimum Gasteiger partial charge on any atom is -0.481 e. The van der Waals surface area contributed by atoms with E-state index < -0.39 is 11.4 Å². The predicted octanol–water partition coefficient (Wildman–Crippen LogP) is 2.68. The molecule has 0 saturated heterocycles. The van der Waals surface area contributed by atoms with Gasteiger partial charge in [-0.3, -0.25) is 9.59 Å². The molecule has 0 spiro atoms. The minimum atomic E-state index is -0.834. The van der Waals surface area contributed by atoms with Crippen molar-refractivity contribution in [1.82, 2.24) is 5.32 Å². The SMILES string of the molecule is CCC(CC)(CNC(=O)C1C(C)(C)C1(C)C)C(=O)O. The Morgan fingerprint density at radius 1 is 1.11 bits per heavy atom. The van der Waals surface area contributed by atoms with Crippen molar-refractivity contribution in [1.29, 1.82) is 0 Å². The van der Waals surface area contributed by atoms with Gasteiger partial charge in [0.05, 0.1) is 5.41 Å². The third-order valence-corrected chi connectivity index (χ3v) is 5.69. The molecule has 4 heteroatoms. The van der Waals surface area contributed by atoms with E-state index in [1.165, 1.54) is 0 Å². The van der Waals surface area contributed by atoms with Crippen molar-refractivity contribution in [3.8, 4) is 0 Å². The average Bonchev–Trinajstić information content (AvgIpc) is 2.71. The molecular weight excluding hydrogens is 242 g/mol. The van der Waals surface area contributed by atoms with Crippen LogP contribution in [0.4, 0.5) is 0 Å². The van der Waals surface area contributed by atoms with Gasteiger partial charge < -0.3 is 10.4 Å². The van der Waals surface area contributed by atoms with Crippen LogP contribution >= 0.6 is 0 Å². The first-order chi connectivity index (χ1) is 8.56. The monoisotopic (exact) mass is 269 g/mol. The summed E-state index contributed by atoms with van der Waals surface area (Å²) in [6.07, 6.45) is 1.05. The molecule has 0 heterocycles. The first-order valence-corrected chi connectivity index (χ1v) is 7.08. The van der Waals surface area contributed by atoms with Crippen molar-refractivity contribution in [2.24, 2.45) is 22.2 Å². The van der Waals surface area contributed by atoms with Gasteiger partial charge in [-0.1, -0.05) is 41.5 Å². The molecule has 110 valence electrons. The number of carboxylic acid groups (broad SMARTS) is 1. The molecular formula is C15H27NO3.